The molecular weight excluding hydrogens is 264 g/mol. The molecule has 2 heterocycles. The molecular formula is C13H20N2OS2. The van der Waals surface area contributed by atoms with Crippen molar-refractivity contribution in [3.63, 3.8) is 0 Å². The molecule has 0 aromatic carbocycles. The summed E-state index contributed by atoms with van der Waals surface area (Å²) in [6.07, 6.45) is 1.28. The molecule has 0 aliphatic carbocycles. The highest BCUT2D eigenvalue weighted by Crippen LogP contribution is 2.43. The molecule has 0 saturated carbocycles. The molecule has 1 fully saturated rings. The van der Waals surface area contributed by atoms with Gasteiger partial charge in [0.15, 0.2) is 0 Å². The molecule has 1 aliphatic heterocycles. The van der Waals surface area contributed by atoms with Crippen LogP contribution in [0.5, 0.6) is 0 Å². The summed E-state index contributed by atoms with van der Waals surface area (Å²) >= 11 is 3.96. The molecule has 100 valence electrons. The highest BCUT2D eigenvalue weighted by atomic mass is 32.2. The lowest BCUT2D eigenvalue weighted by molar-refractivity contribution is 0.197. The van der Waals surface area contributed by atoms with Gasteiger partial charge in [-0.1, -0.05) is 13.8 Å². The third-order valence-corrected chi connectivity index (χ3v) is 6.71. The summed E-state index contributed by atoms with van der Waals surface area (Å²) in [4.78, 5) is 9.01. The summed E-state index contributed by atoms with van der Waals surface area (Å²) in [5.74, 6) is 1.98. The fraction of sp³-hybridized carbons (Fsp3) is 0.692. The second kappa shape index (κ2) is 5.80. The number of rotatable bonds is 2. The van der Waals surface area contributed by atoms with Gasteiger partial charge in [-0.25, -0.2) is 9.97 Å². The molecule has 1 aromatic rings. The number of hydrogen-bond acceptors (Lipinski definition) is 5. The van der Waals surface area contributed by atoms with E-state index < -0.39 is 6.10 Å². The fourth-order valence-corrected chi connectivity index (χ4v) is 4.83. The maximum Gasteiger partial charge on any atom is 0.142 e. The topological polar surface area (TPSA) is 46.0 Å². The van der Waals surface area contributed by atoms with E-state index in [2.05, 4.69) is 23.8 Å². The molecule has 0 radical (unpaired) electrons. The van der Waals surface area contributed by atoms with Crippen molar-refractivity contribution in [1.29, 1.82) is 0 Å². The van der Waals surface area contributed by atoms with Crippen LogP contribution in [-0.4, -0.2) is 31.3 Å². The minimum Gasteiger partial charge on any atom is -0.389 e. The van der Waals surface area contributed by atoms with Crippen LogP contribution >= 0.6 is 23.5 Å². The summed E-state index contributed by atoms with van der Waals surface area (Å²) in [6, 6.07) is 0. The summed E-state index contributed by atoms with van der Waals surface area (Å²) in [7, 11) is 0. The quantitative estimate of drug-likeness (QED) is 0.904. The molecule has 4 atom stereocenters. The molecule has 0 amide bonds. The van der Waals surface area contributed by atoms with E-state index in [0.717, 1.165) is 22.8 Å². The van der Waals surface area contributed by atoms with E-state index in [4.69, 9.17) is 0 Å². The Balaban J connectivity index is 2.17. The van der Waals surface area contributed by atoms with Crippen LogP contribution in [0.2, 0.25) is 0 Å². The van der Waals surface area contributed by atoms with Gasteiger partial charge in [0.25, 0.3) is 0 Å². The predicted octanol–water partition coefficient (Wildman–Crippen LogP) is 3.14. The van der Waals surface area contributed by atoms with Crippen molar-refractivity contribution < 1.29 is 5.11 Å². The van der Waals surface area contributed by atoms with Crippen LogP contribution in [0, 0.1) is 6.92 Å². The molecule has 1 saturated heterocycles. The van der Waals surface area contributed by atoms with Crippen molar-refractivity contribution in [3.05, 3.63) is 23.3 Å². The first-order valence-electron chi connectivity index (χ1n) is 6.27. The second-order valence-corrected chi connectivity index (χ2v) is 7.81. The maximum atomic E-state index is 9.59. The zero-order valence-corrected chi connectivity index (χ0v) is 12.9. The number of aryl methyl sites for hydroxylation is 1. The molecule has 1 aromatic heterocycles. The highest BCUT2D eigenvalue weighted by molar-refractivity contribution is 8.07. The lowest BCUT2D eigenvalue weighted by Gasteiger charge is -2.30. The molecule has 1 aliphatic rings. The lowest BCUT2D eigenvalue weighted by Crippen LogP contribution is -2.23. The molecule has 5 heteroatoms. The minimum atomic E-state index is -0.494. The van der Waals surface area contributed by atoms with E-state index in [-0.39, 0.29) is 0 Å². The van der Waals surface area contributed by atoms with Crippen LogP contribution in [0.25, 0.3) is 0 Å². The van der Waals surface area contributed by atoms with E-state index in [1.807, 2.05) is 30.4 Å². The van der Waals surface area contributed by atoms with E-state index in [9.17, 15) is 5.11 Å². The fourth-order valence-electron chi connectivity index (χ4n) is 1.98. The third kappa shape index (κ3) is 3.00. The molecule has 3 unspecified atom stereocenters. The van der Waals surface area contributed by atoms with Crippen LogP contribution in [0.1, 0.15) is 49.2 Å². The zero-order valence-electron chi connectivity index (χ0n) is 11.3. The number of aliphatic hydroxyl groups excluding tert-OH is 1. The van der Waals surface area contributed by atoms with E-state index >= 15 is 0 Å². The summed E-state index contributed by atoms with van der Waals surface area (Å²) < 4.78 is 0. The van der Waals surface area contributed by atoms with Crippen molar-refractivity contribution in [2.75, 3.05) is 5.75 Å². The Bertz CT molecular complexity index is 425. The summed E-state index contributed by atoms with van der Waals surface area (Å²) in [5, 5.41) is 11.3. The van der Waals surface area contributed by atoms with Gasteiger partial charge in [-0.3, -0.25) is 0 Å². The van der Waals surface area contributed by atoms with Crippen LogP contribution < -0.4 is 0 Å². The van der Waals surface area contributed by atoms with Gasteiger partial charge in [-0.05, 0) is 13.8 Å². The Kier molecular flexibility index (Phi) is 4.56. The molecule has 0 spiro atoms. The first-order chi connectivity index (χ1) is 8.49. The number of thioether (sulfide) groups is 2. The zero-order chi connectivity index (χ0) is 13.3. The number of aromatic nitrogens is 2. The Morgan fingerprint density at radius 2 is 2.11 bits per heavy atom. The predicted molar refractivity (Wildman–Crippen MR) is 79.1 cm³/mol. The van der Waals surface area contributed by atoms with Crippen molar-refractivity contribution in [1.82, 2.24) is 9.97 Å². The monoisotopic (exact) mass is 284 g/mol. The van der Waals surface area contributed by atoms with Gasteiger partial charge in [0.1, 0.15) is 5.82 Å². The van der Waals surface area contributed by atoms with Crippen molar-refractivity contribution in [3.8, 4) is 0 Å². The average molecular weight is 284 g/mol. The highest BCUT2D eigenvalue weighted by Gasteiger charge is 2.28. The van der Waals surface area contributed by atoms with Crippen LogP contribution in [0.4, 0.5) is 0 Å². The lowest BCUT2D eigenvalue weighted by atomic mass is 10.1. The van der Waals surface area contributed by atoms with E-state index in [1.54, 1.807) is 13.1 Å². The van der Waals surface area contributed by atoms with Crippen LogP contribution in [-0.2, 0) is 0 Å². The maximum absolute atomic E-state index is 9.59. The normalized spacial score (nSPS) is 30.2. The molecule has 2 rings (SSSR count). The van der Waals surface area contributed by atoms with Gasteiger partial charge >= 0.3 is 0 Å². The molecule has 3 nitrogen and oxygen atoms in total. The first-order valence-corrected chi connectivity index (χ1v) is 8.26. The van der Waals surface area contributed by atoms with Gasteiger partial charge in [-0.2, -0.15) is 11.8 Å². The molecule has 18 heavy (non-hydrogen) atoms. The van der Waals surface area contributed by atoms with Gasteiger partial charge < -0.3 is 5.11 Å². The second-order valence-electron chi connectivity index (χ2n) is 4.81. The van der Waals surface area contributed by atoms with Crippen molar-refractivity contribution in [2.24, 2.45) is 0 Å². The standard InChI is InChI=1S/C13H20N2OS2/c1-7-11(8(2)16)5-14-13(15-7)12-6-17-9(3)10(4)18-12/h5,8-10,12,16H,6H2,1-4H3/t8-,9?,10?,12?/m0/s1. The SMILES string of the molecule is Cc1nc(C2CSC(C)C(C)S2)ncc1[C@H](C)O. The van der Waals surface area contributed by atoms with Gasteiger partial charge in [0.2, 0.25) is 0 Å². The third-order valence-electron chi connectivity index (χ3n) is 3.32. The van der Waals surface area contributed by atoms with Crippen molar-refractivity contribution >= 4 is 23.5 Å². The number of nitrogens with zero attached hydrogens (tertiary/aromatic N) is 2. The van der Waals surface area contributed by atoms with Crippen LogP contribution in [0.3, 0.4) is 0 Å². The van der Waals surface area contributed by atoms with Gasteiger partial charge in [-0.15, -0.1) is 11.8 Å². The minimum absolute atomic E-state index is 0.378. The van der Waals surface area contributed by atoms with Crippen molar-refractivity contribution in [2.45, 2.75) is 49.5 Å². The Hall–Kier alpha value is -0.260. The molecule has 0 bridgehead atoms. The van der Waals surface area contributed by atoms with Crippen LogP contribution in [0.15, 0.2) is 6.20 Å². The van der Waals surface area contributed by atoms with Gasteiger partial charge in [0.05, 0.1) is 11.4 Å². The first kappa shape index (κ1) is 14.2. The Morgan fingerprint density at radius 3 is 2.67 bits per heavy atom. The molecule has 1 N–H and O–H groups in total. The Morgan fingerprint density at radius 1 is 1.39 bits per heavy atom. The van der Waals surface area contributed by atoms with Gasteiger partial charge in [0, 0.05) is 33.7 Å². The summed E-state index contributed by atoms with van der Waals surface area (Å²) in [6.45, 7) is 8.24. The average Bonchev–Trinajstić information content (AvgIpc) is 2.32. The summed E-state index contributed by atoms with van der Waals surface area (Å²) in [5.41, 5.74) is 1.72. The largest absolute Gasteiger partial charge is 0.389 e. The smallest absolute Gasteiger partial charge is 0.142 e. The van der Waals surface area contributed by atoms with E-state index in [0.29, 0.717) is 15.7 Å². The Labute approximate surface area is 117 Å². The number of hydrogen-bond donors (Lipinski definition) is 1. The number of aliphatic hydroxyl groups is 1. The van der Waals surface area contributed by atoms with E-state index in [1.165, 1.54) is 0 Å².